The maximum Gasteiger partial charge on any atom is 0.152 e. The van der Waals surface area contributed by atoms with Crippen LogP contribution >= 0.6 is 11.3 Å². The zero-order valence-corrected chi connectivity index (χ0v) is 18.1. The Morgan fingerprint density at radius 1 is 1.27 bits per heavy atom. The molecular formula is C22H26N6OS. The fraction of sp³-hybridized carbons (Fsp3) is 0.364. The monoisotopic (exact) mass is 422 g/mol. The number of hydrogen-bond acceptors (Lipinski definition) is 7. The van der Waals surface area contributed by atoms with Crippen molar-refractivity contribution in [1.82, 2.24) is 19.5 Å². The summed E-state index contributed by atoms with van der Waals surface area (Å²) in [4.78, 5) is 7.79. The maximum absolute atomic E-state index is 6.31. The van der Waals surface area contributed by atoms with Gasteiger partial charge < -0.3 is 16.2 Å². The summed E-state index contributed by atoms with van der Waals surface area (Å²) >= 11 is 1.71. The Kier molecular flexibility index (Phi) is 4.85. The number of nitrogens with two attached hydrogens (primary N) is 2. The fourth-order valence-corrected chi connectivity index (χ4v) is 5.60. The molecular weight excluding hydrogens is 396 g/mol. The molecule has 0 bridgehead atoms. The minimum absolute atomic E-state index is 0.238. The normalized spacial score (nSPS) is 17.8. The van der Waals surface area contributed by atoms with Crippen LogP contribution in [0.15, 0.2) is 30.6 Å². The predicted molar refractivity (Wildman–Crippen MR) is 122 cm³/mol. The number of ether oxygens (including phenoxy) is 1. The Balaban J connectivity index is 1.63. The van der Waals surface area contributed by atoms with E-state index in [4.69, 9.17) is 16.2 Å². The lowest BCUT2D eigenvalue weighted by Gasteiger charge is -2.30. The molecule has 4 aromatic rings. The summed E-state index contributed by atoms with van der Waals surface area (Å²) in [6.45, 7) is 4.83. The summed E-state index contributed by atoms with van der Waals surface area (Å²) in [5.74, 6) is 1.39. The molecule has 0 aliphatic carbocycles. The van der Waals surface area contributed by atoms with Gasteiger partial charge in [-0.3, -0.25) is 4.90 Å². The quantitative estimate of drug-likeness (QED) is 0.523. The Hall–Kier alpha value is -2.68. The van der Waals surface area contributed by atoms with Gasteiger partial charge in [-0.2, -0.15) is 5.10 Å². The molecule has 1 fully saturated rings. The molecule has 156 valence electrons. The van der Waals surface area contributed by atoms with Gasteiger partial charge in [0.1, 0.15) is 17.6 Å². The van der Waals surface area contributed by atoms with Gasteiger partial charge in [-0.25, -0.2) is 9.50 Å². The van der Waals surface area contributed by atoms with Gasteiger partial charge >= 0.3 is 0 Å². The zero-order valence-electron chi connectivity index (χ0n) is 17.3. The van der Waals surface area contributed by atoms with E-state index >= 15 is 0 Å². The number of nitrogens with zero attached hydrogens (tertiary/aromatic N) is 4. The Bertz CT molecular complexity index is 1230. The summed E-state index contributed by atoms with van der Waals surface area (Å²) < 4.78 is 8.69. The summed E-state index contributed by atoms with van der Waals surface area (Å²) in [5.41, 5.74) is 16.7. The first-order chi connectivity index (χ1) is 14.5. The summed E-state index contributed by atoms with van der Waals surface area (Å²) in [7, 11) is 1.72. The van der Waals surface area contributed by atoms with Crippen LogP contribution in [0.25, 0.3) is 26.0 Å². The Labute approximate surface area is 179 Å². The van der Waals surface area contributed by atoms with Gasteiger partial charge in [-0.05, 0) is 55.5 Å². The Morgan fingerprint density at radius 3 is 2.93 bits per heavy atom. The van der Waals surface area contributed by atoms with E-state index in [1.807, 2.05) is 4.52 Å². The number of fused-ring (bicyclic) bond motifs is 2. The van der Waals surface area contributed by atoms with Crippen LogP contribution in [0.2, 0.25) is 0 Å². The topological polar surface area (TPSA) is 94.7 Å². The molecule has 1 aliphatic heterocycles. The van der Waals surface area contributed by atoms with Crippen LogP contribution in [-0.4, -0.2) is 45.7 Å². The van der Waals surface area contributed by atoms with E-state index < -0.39 is 0 Å². The summed E-state index contributed by atoms with van der Waals surface area (Å²) in [6, 6.07) is 8.90. The summed E-state index contributed by atoms with van der Waals surface area (Å²) in [6.07, 6.45) is 3.74. The van der Waals surface area contributed by atoms with Gasteiger partial charge in [-0.15, -0.1) is 11.3 Å². The number of hydrogen-bond donors (Lipinski definition) is 2. The first kappa shape index (κ1) is 19.3. The number of methoxy groups -OCH3 is 1. The number of aryl methyl sites for hydroxylation is 1. The van der Waals surface area contributed by atoms with Gasteiger partial charge in [0, 0.05) is 29.6 Å². The van der Waals surface area contributed by atoms with Crippen LogP contribution in [0.4, 0.5) is 5.82 Å². The second-order valence-corrected chi connectivity index (χ2v) is 9.14. The van der Waals surface area contributed by atoms with E-state index in [1.165, 1.54) is 17.3 Å². The first-order valence-corrected chi connectivity index (χ1v) is 11.0. The number of anilines is 1. The van der Waals surface area contributed by atoms with E-state index in [-0.39, 0.29) is 6.04 Å². The van der Waals surface area contributed by atoms with Gasteiger partial charge in [0.05, 0.1) is 17.5 Å². The van der Waals surface area contributed by atoms with Crippen LogP contribution in [-0.2, 0) is 6.54 Å². The first-order valence-electron chi connectivity index (χ1n) is 10.2. The SMILES string of the molecule is COc1cc(C)cc2cc(-c3cc(CN4CCC[C@@H](N)C4)n4ncnc(N)c34)sc12. The molecule has 30 heavy (non-hydrogen) atoms. The van der Waals surface area contributed by atoms with Crippen molar-refractivity contribution < 1.29 is 4.74 Å². The van der Waals surface area contributed by atoms with Crippen molar-refractivity contribution in [2.75, 3.05) is 25.9 Å². The van der Waals surface area contributed by atoms with Crippen LogP contribution in [0.3, 0.4) is 0 Å². The molecule has 0 saturated carbocycles. The van der Waals surface area contributed by atoms with Gasteiger partial charge in [-0.1, -0.05) is 6.07 Å². The lowest BCUT2D eigenvalue weighted by Crippen LogP contribution is -2.42. The molecule has 5 rings (SSSR count). The van der Waals surface area contributed by atoms with E-state index in [0.717, 1.165) is 64.6 Å². The molecule has 0 radical (unpaired) electrons. The molecule has 8 heteroatoms. The smallest absolute Gasteiger partial charge is 0.152 e. The number of likely N-dealkylation sites (tertiary alicyclic amines) is 1. The third kappa shape index (κ3) is 3.30. The zero-order chi connectivity index (χ0) is 20.8. The highest BCUT2D eigenvalue weighted by Crippen LogP contribution is 2.42. The third-order valence-electron chi connectivity index (χ3n) is 5.80. The number of piperidine rings is 1. The van der Waals surface area contributed by atoms with Crippen molar-refractivity contribution in [3.63, 3.8) is 0 Å². The molecule has 1 aromatic carbocycles. The molecule has 3 aromatic heterocycles. The largest absolute Gasteiger partial charge is 0.495 e. The second-order valence-electron chi connectivity index (χ2n) is 8.09. The van der Waals surface area contributed by atoms with Crippen LogP contribution in [0.5, 0.6) is 5.75 Å². The van der Waals surface area contributed by atoms with Crippen molar-refractivity contribution in [2.24, 2.45) is 5.73 Å². The highest BCUT2D eigenvalue weighted by molar-refractivity contribution is 7.22. The molecule has 7 nitrogen and oxygen atoms in total. The highest BCUT2D eigenvalue weighted by atomic mass is 32.1. The lowest BCUT2D eigenvalue weighted by atomic mass is 10.1. The van der Waals surface area contributed by atoms with Crippen molar-refractivity contribution in [1.29, 1.82) is 0 Å². The number of thiophene rings is 1. The van der Waals surface area contributed by atoms with Crippen molar-refractivity contribution in [3.05, 3.63) is 41.9 Å². The maximum atomic E-state index is 6.31. The third-order valence-corrected chi connectivity index (χ3v) is 6.99. The molecule has 1 saturated heterocycles. The molecule has 1 aliphatic rings. The summed E-state index contributed by atoms with van der Waals surface area (Å²) in [5, 5.41) is 5.69. The van der Waals surface area contributed by atoms with Crippen LogP contribution in [0, 0.1) is 6.92 Å². The minimum atomic E-state index is 0.238. The van der Waals surface area contributed by atoms with E-state index in [9.17, 15) is 0 Å². The van der Waals surface area contributed by atoms with Gasteiger partial charge in [0.15, 0.2) is 5.82 Å². The number of nitrogen functional groups attached to an aromatic ring is 1. The Morgan fingerprint density at radius 2 is 2.13 bits per heavy atom. The standard InChI is InChI=1S/C22H26N6OS/c1-13-6-14-8-19(30-21(14)18(7-13)29-2)17-9-16(11-27-5-3-4-15(23)10-27)28-20(17)22(24)25-12-26-28/h6-9,12,15H,3-5,10-11,23H2,1-2H3,(H2,24,25,26)/t15-/m1/s1. The predicted octanol–water partition coefficient (Wildman–Crippen LogP) is 3.43. The molecule has 0 spiro atoms. The minimum Gasteiger partial charge on any atom is -0.495 e. The van der Waals surface area contributed by atoms with Crippen LogP contribution in [0.1, 0.15) is 24.1 Å². The second kappa shape index (κ2) is 7.54. The van der Waals surface area contributed by atoms with Crippen molar-refractivity contribution >= 4 is 32.8 Å². The van der Waals surface area contributed by atoms with Gasteiger partial charge in [0.2, 0.25) is 0 Å². The van der Waals surface area contributed by atoms with E-state index in [0.29, 0.717) is 5.82 Å². The lowest BCUT2D eigenvalue weighted by molar-refractivity contribution is 0.198. The molecule has 4 heterocycles. The fourth-order valence-electron chi connectivity index (χ4n) is 4.45. The van der Waals surface area contributed by atoms with Crippen LogP contribution < -0.4 is 16.2 Å². The number of benzene rings is 1. The van der Waals surface area contributed by atoms with Gasteiger partial charge in [0.25, 0.3) is 0 Å². The molecule has 0 amide bonds. The van der Waals surface area contributed by atoms with Crippen molar-refractivity contribution in [2.45, 2.75) is 32.4 Å². The number of rotatable bonds is 4. The average Bonchev–Trinajstić information content (AvgIpc) is 3.30. The molecule has 1 atom stereocenters. The number of aromatic nitrogens is 3. The van der Waals surface area contributed by atoms with E-state index in [2.05, 4.69) is 46.2 Å². The average molecular weight is 423 g/mol. The highest BCUT2D eigenvalue weighted by Gasteiger charge is 2.22. The van der Waals surface area contributed by atoms with E-state index in [1.54, 1.807) is 18.4 Å². The molecule has 4 N–H and O–H groups in total. The molecule has 0 unspecified atom stereocenters. The van der Waals surface area contributed by atoms with Crippen molar-refractivity contribution in [3.8, 4) is 16.2 Å².